The summed E-state index contributed by atoms with van der Waals surface area (Å²) in [5.74, 6) is 0.0452. The summed E-state index contributed by atoms with van der Waals surface area (Å²) in [6, 6.07) is 6.24. The van der Waals surface area contributed by atoms with Crippen molar-refractivity contribution in [1.82, 2.24) is 4.90 Å². The van der Waals surface area contributed by atoms with Crippen LogP contribution in [-0.2, 0) is 11.2 Å². The molecule has 1 aliphatic rings. The predicted octanol–water partition coefficient (Wildman–Crippen LogP) is 2.14. The van der Waals surface area contributed by atoms with E-state index in [2.05, 4.69) is 13.8 Å². The van der Waals surface area contributed by atoms with Crippen molar-refractivity contribution in [3.8, 4) is 0 Å². The molecule has 0 aromatic heterocycles. The van der Waals surface area contributed by atoms with Crippen molar-refractivity contribution in [2.45, 2.75) is 32.7 Å². The maximum atomic E-state index is 12.3. The van der Waals surface area contributed by atoms with Crippen molar-refractivity contribution in [2.75, 3.05) is 13.1 Å². The summed E-state index contributed by atoms with van der Waals surface area (Å²) >= 11 is 0. The van der Waals surface area contributed by atoms with Crippen LogP contribution >= 0.6 is 12.4 Å². The first-order chi connectivity index (χ1) is 9.79. The minimum atomic E-state index is -0.444. The van der Waals surface area contributed by atoms with Crippen LogP contribution in [0.4, 0.5) is 5.69 Å². The lowest BCUT2D eigenvalue weighted by atomic mass is 9.79. The minimum Gasteiger partial charge on any atom is -0.342 e. The molecule has 1 atom stereocenters. The number of carbonyl (C=O) groups is 1. The number of non-ortho nitro benzene ring substituents is 1. The number of carbonyl (C=O) groups excluding carboxylic acids is 1. The maximum absolute atomic E-state index is 12.3. The Kier molecular flexibility index (Phi) is 5.91. The molecule has 0 aliphatic carbocycles. The largest absolute Gasteiger partial charge is 0.342 e. The average Bonchev–Trinajstić information content (AvgIpc) is 2.42. The van der Waals surface area contributed by atoms with E-state index in [0.29, 0.717) is 13.1 Å². The number of benzene rings is 1. The predicted molar refractivity (Wildman–Crippen MR) is 87.0 cm³/mol. The van der Waals surface area contributed by atoms with E-state index in [1.165, 1.54) is 12.1 Å². The van der Waals surface area contributed by atoms with Gasteiger partial charge < -0.3 is 10.6 Å². The highest BCUT2D eigenvalue weighted by Gasteiger charge is 2.35. The zero-order valence-electron chi connectivity index (χ0n) is 12.8. The third kappa shape index (κ3) is 4.18. The second-order valence-corrected chi connectivity index (χ2v) is 6.30. The summed E-state index contributed by atoms with van der Waals surface area (Å²) in [6.07, 6.45) is 1.07. The molecule has 1 heterocycles. The van der Waals surface area contributed by atoms with Gasteiger partial charge in [0.2, 0.25) is 5.91 Å². The molecule has 1 aliphatic heterocycles. The van der Waals surface area contributed by atoms with Crippen molar-refractivity contribution in [1.29, 1.82) is 0 Å². The zero-order chi connectivity index (χ0) is 15.6. The standard InChI is InChI=1S/C15H21N3O3.ClH/c1-15(2)10-17(8-7-13(15)16)14(19)9-11-3-5-12(6-4-11)18(20)21;/h3-6,13H,7-10,16H2,1-2H3;1H. The molecule has 1 amide bonds. The molecule has 0 saturated carbocycles. The quantitative estimate of drug-likeness (QED) is 0.680. The number of nitro benzene ring substituents is 1. The van der Waals surface area contributed by atoms with Crippen molar-refractivity contribution in [3.63, 3.8) is 0 Å². The highest BCUT2D eigenvalue weighted by Crippen LogP contribution is 2.28. The fraction of sp³-hybridized carbons (Fsp3) is 0.533. The zero-order valence-corrected chi connectivity index (χ0v) is 13.6. The van der Waals surface area contributed by atoms with E-state index in [9.17, 15) is 14.9 Å². The first-order valence-corrected chi connectivity index (χ1v) is 7.06. The minimum absolute atomic E-state index is 0. The van der Waals surface area contributed by atoms with E-state index in [4.69, 9.17) is 5.73 Å². The van der Waals surface area contributed by atoms with Crippen LogP contribution in [0.15, 0.2) is 24.3 Å². The van der Waals surface area contributed by atoms with Crippen LogP contribution in [0.25, 0.3) is 0 Å². The molecule has 1 aromatic rings. The van der Waals surface area contributed by atoms with Gasteiger partial charge in [-0.25, -0.2) is 0 Å². The molecule has 1 saturated heterocycles. The number of likely N-dealkylation sites (tertiary alicyclic amines) is 1. The van der Waals surface area contributed by atoms with E-state index < -0.39 is 4.92 Å². The topological polar surface area (TPSA) is 89.5 Å². The first kappa shape index (κ1) is 18.4. The van der Waals surface area contributed by atoms with Gasteiger partial charge >= 0.3 is 0 Å². The molecule has 1 aromatic carbocycles. The molecule has 1 unspecified atom stereocenters. The number of nitro groups is 1. The summed E-state index contributed by atoms with van der Waals surface area (Å²) in [5, 5.41) is 10.6. The summed E-state index contributed by atoms with van der Waals surface area (Å²) < 4.78 is 0. The number of halogens is 1. The van der Waals surface area contributed by atoms with Gasteiger partial charge in [0.15, 0.2) is 0 Å². The van der Waals surface area contributed by atoms with E-state index in [1.807, 2.05) is 4.90 Å². The molecule has 2 N–H and O–H groups in total. The van der Waals surface area contributed by atoms with Gasteiger partial charge in [-0.15, -0.1) is 12.4 Å². The fourth-order valence-electron chi connectivity index (χ4n) is 2.61. The van der Waals surface area contributed by atoms with Gasteiger partial charge in [0, 0.05) is 31.3 Å². The van der Waals surface area contributed by atoms with E-state index in [-0.39, 0.29) is 41.9 Å². The highest BCUT2D eigenvalue weighted by molar-refractivity contribution is 5.85. The molecular formula is C15H22ClN3O3. The molecule has 1 fully saturated rings. The average molecular weight is 328 g/mol. The van der Waals surface area contributed by atoms with E-state index in [0.717, 1.165) is 12.0 Å². The second-order valence-electron chi connectivity index (χ2n) is 6.30. The van der Waals surface area contributed by atoms with Crippen LogP contribution in [0.2, 0.25) is 0 Å². The Morgan fingerprint density at radius 1 is 1.41 bits per heavy atom. The van der Waals surface area contributed by atoms with Gasteiger partial charge in [-0.2, -0.15) is 0 Å². The Morgan fingerprint density at radius 3 is 2.50 bits per heavy atom. The van der Waals surface area contributed by atoms with Crippen LogP contribution in [0.1, 0.15) is 25.8 Å². The summed E-state index contributed by atoms with van der Waals surface area (Å²) in [5.41, 5.74) is 6.82. The molecule has 6 nitrogen and oxygen atoms in total. The normalized spacial score (nSPS) is 20.1. The molecule has 22 heavy (non-hydrogen) atoms. The van der Waals surface area contributed by atoms with Crippen molar-refractivity contribution in [2.24, 2.45) is 11.1 Å². The smallest absolute Gasteiger partial charge is 0.269 e. The number of piperidine rings is 1. The summed E-state index contributed by atoms with van der Waals surface area (Å²) in [6.45, 7) is 5.47. The third-order valence-electron chi connectivity index (χ3n) is 4.17. The monoisotopic (exact) mass is 327 g/mol. The maximum Gasteiger partial charge on any atom is 0.269 e. The van der Waals surface area contributed by atoms with E-state index >= 15 is 0 Å². The number of rotatable bonds is 3. The third-order valence-corrected chi connectivity index (χ3v) is 4.17. The van der Waals surface area contributed by atoms with Crippen LogP contribution in [0.5, 0.6) is 0 Å². The van der Waals surface area contributed by atoms with Crippen molar-refractivity contribution in [3.05, 3.63) is 39.9 Å². The van der Waals surface area contributed by atoms with Gasteiger partial charge in [0.05, 0.1) is 11.3 Å². The number of hydrogen-bond acceptors (Lipinski definition) is 4. The molecule has 7 heteroatoms. The molecule has 122 valence electrons. The number of hydrogen-bond donors (Lipinski definition) is 1. The lowest BCUT2D eigenvalue weighted by Gasteiger charge is -2.42. The van der Waals surface area contributed by atoms with Crippen molar-refractivity contribution >= 4 is 24.0 Å². The van der Waals surface area contributed by atoms with Crippen LogP contribution in [0, 0.1) is 15.5 Å². The Morgan fingerprint density at radius 2 is 2.00 bits per heavy atom. The van der Waals surface area contributed by atoms with Gasteiger partial charge in [-0.3, -0.25) is 14.9 Å². The molecule has 0 bridgehead atoms. The van der Waals surface area contributed by atoms with E-state index in [1.54, 1.807) is 12.1 Å². The summed E-state index contributed by atoms with van der Waals surface area (Å²) in [4.78, 5) is 24.3. The molecule has 0 radical (unpaired) electrons. The molecular weight excluding hydrogens is 306 g/mol. The Bertz CT molecular complexity index is 545. The SMILES string of the molecule is CC1(C)CN(C(=O)Cc2ccc([N+](=O)[O-])cc2)CCC1N.Cl. The Balaban J connectivity index is 0.00000242. The van der Waals surface area contributed by atoms with Crippen LogP contribution < -0.4 is 5.73 Å². The number of nitrogens with zero attached hydrogens (tertiary/aromatic N) is 2. The Hall–Kier alpha value is -1.66. The number of nitrogens with two attached hydrogens (primary N) is 1. The lowest BCUT2D eigenvalue weighted by molar-refractivity contribution is -0.384. The highest BCUT2D eigenvalue weighted by atomic mass is 35.5. The van der Waals surface area contributed by atoms with Gasteiger partial charge in [0.1, 0.15) is 0 Å². The van der Waals surface area contributed by atoms with Gasteiger partial charge in [0.25, 0.3) is 5.69 Å². The van der Waals surface area contributed by atoms with Crippen LogP contribution in [0.3, 0.4) is 0 Å². The molecule has 0 spiro atoms. The van der Waals surface area contributed by atoms with Gasteiger partial charge in [-0.1, -0.05) is 26.0 Å². The lowest BCUT2D eigenvalue weighted by Crippen LogP contribution is -2.54. The summed E-state index contributed by atoms with van der Waals surface area (Å²) in [7, 11) is 0. The fourth-order valence-corrected chi connectivity index (χ4v) is 2.61. The van der Waals surface area contributed by atoms with Crippen molar-refractivity contribution < 1.29 is 9.72 Å². The number of amides is 1. The molecule has 2 rings (SSSR count). The second kappa shape index (κ2) is 7.07. The Labute approximate surface area is 136 Å². The van der Waals surface area contributed by atoms with Crippen LogP contribution in [-0.4, -0.2) is 34.9 Å². The van der Waals surface area contributed by atoms with Gasteiger partial charge in [-0.05, 0) is 17.4 Å². The first-order valence-electron chi connectivity index (χ1n) is 7.06.